The quantitative estimate of drug-likeness (QED) is 0.0769. The molecule has 10 heteroatoms. The van der Waals surface area contributed by atoms with Crippen molar-refractivity contribution in [2.45, 2.75) is 33.7 Å². The Morgan fingerprint density at radius 3 is 1.88 bits per heavy atom. The smallest absolute Gasteiger partial charge is 0.271 e. The van der Waals surface area contributed by atoms with E-state index in [0.29, 0.717) is 77.1 Å². The summed E-state index contributed by atoms with van der Waals surface area (Å²) in [6, 6.07) is 33.8. The number of hydrazone groups is 1. The van der Waals surface area contributed by atoms with E-state index in [1.165, 1.54) is 6.21 Å². The molecule has 0 aliphatic carbocycles. The molecule has 1 amide bonds. The minimum absolute atomic E-state index is 0.207. The van der Waals surface area contributed by atoms with Gasteiger partial charge in [0.2, 0.25) is 0 Å². The minimum Gasteiger partial charge on any atom is -0.493 e. The normalized spacial score (nSPS) is 10.8. The van der Waals surface area contributed by atoms with E-state index in [0.717, 1.165) is 16.7 Å². The van der Waals surface area contributed by atoms with Crippen LogP contribution in [0.5, 0.6) is 34.5 Å². The van der Waals surface area contributed by atoms with Gasteiger partial charge in [0.25, 0.3) is 5.91 Å². The second kappa shape index (κ2) is 18.2. The van der Waals surface area contributed by atoms with Crippen LogP contribution < -0.4 is 33.8 Å². The van der Waals surface area contributed by atoms with E-state index in [1.54, 1.807) is 37.4 Å². The third-order valence-electron chi connectivity index (χ3n) is 7.30. The van der Waals surface area contributed by atoms with Gasteiger partial charge in [-0.05, 0) is 78.6 Å². The largest absolute Gasteiger partial charge is 0.493 e. The molecule has 0 saturated carbocycles. The number of rotatable bonds is 17. The van der Waals surface area contributed by atoms with Crippen molar-refractivity contribution in [3.05, 3.63) is 142 Å². The summed E-state index contributed by atoms with van der Waals surface area (Å²) >= 11 is 6.66. The second-order valence-corrected chi connectivity index (χ2v) is 11.3. The molecule has 0 saturated heterocycles. The van der Waals surface area contributed by atoms with Gasteiger partial charge in [-0.1, -0.05) is 78.3 Å². The van der Waals surface area contributed by atoms with Gasteiger partial charge in [0.05, 0.1) is 31.6 Å². The van der Waals surface area contributed by atoms with Gasteiger partial charge >= 0.3 is 0 Å². The van der Waals surface area contributed by atoms with Crippen molar-refractivity contribution < 1.29 is 33.2 Å². The van der Waals surface area contributed by atoms with Crippen molar-refractivity contribution in [1.29, 1.82) is 0 Å². The molecular formula is C40H39ClN2O7. The van der Waals surface area contributed by atoms with Crippen molar-refractivity contribution >= 4 is 23.7 Å². The molecule has 0 aromatic heterocycles. The molecule has 5 aromatic rings. The summed E-state index contributed by atoms with van der Waals surface area (Å²) in [5, 5.41) is 4.47. The summed E-state index contributed by atoms with van der Waals surface area (Å²) in [6.45, 7) is 5.54. The van der Waals surface area contributed by atoms with E-state index in [1.807, 2.05) is 92.7 Å². The first-order valence-electron chi connectivity index (χ1n) is 16.2. The predicted molar refractivity (Wildman–Crippen MR) is 194 cm³/mol. The number of benzene rings is 5. The van der Waals surface area contributed by atoms with E-state index in [9.17, 15) is 4.79 Å². The molecule has 0 heterocycles. The molecule has 5 aromatic carbocycles. The highest BCUT2D eigenvalue weighted by molar-refractivity contribution is 6.32. The molecule has 9 nitrogen and oxygen atoms in total. The van der Waals surface area contributed by atoms with Crippen LogP contribution in [0.1, 0.15) is 46.5 Å². The van der Waals surface area contributed by atoms with Crippen LogP contribution in [0, 0.1) is 0 Å². The zero-order valence-corrected chi connectivity index (χ0v) is 28.9. The van der Waals surface area contributed by atoms with Crippen LogP contribution in [0.25, 0.3) is 0 Å². The number of amides is 1. The lowest BCUT2D eigenvalue weighted by Gasteiger charge is -2.16. The highest BCUT2D eigenvalue weighted by Gasteiger charge is 2.15. The fourth-order valence-electron chi connectivity index (χ4n) is 4.88. The zero-order valence-electron chi connectivity index (χ0n) is 28.2. The molecule has 0 unspecified atom stereocenters. The summed E-state index contributed by atoms with van der Waals surface area (Å²) in [4.78, 5) is 13.0. The Morgan fingerprint density at radius 2 is 1.24 bits per heavy atom. The highest BCUT2D eigenvalue weighted by atomic mass is 35.5. The Labute approximate surface area is 297 Å². The van der Waals surface area contributed by atoms with Crippen molar-refractivity contribution in [1.82, 2.24) is 5.43 Å². The van der Waals surface area contributed by atoms with Gasteiger partial charge in [-0.3, -0.25) is 4.79 Å². The average Bonchev–Trinajstić information content (AvgIpc) is 3.14. The predicted octanol–water partition coefficient (Wildman–Crippen LogP) is 8.65. The van der Waals surface area contributed by atoms with Crippen LogP contribution in [0.2, 0.25) is 5.02 Å². The maximum absolute atomic E-state index is 13.0. The zero-order chi connectivity index (χ0) is 35.1. The Bertz CT molecular complexity index is 1880. The molecule has 0 bridgehead atoms. The minimum atomic E-state index is -0.417. The first kappa shape index (κ1) is 35.6. The van der Waals surface area contributed by atoms with Gasteiger partial charge in [-0.25, -0.2) is 5.43 Å². The summed E-state index contributed by atoms with van der Waals surface area (Å²) in [5.74, 6) is 2.64. The molecule has 0 aliphatic heterocycles. The molecule has 258 valence electrons. The SMILES string of the molecule is CCOc1cc(C(=O)N/N=C/c2cc(Cl)c(OCc3ccc(OCc4ccccc4)c(OC)c3)c(OCC)c2)ccc1OCc1ccccc1. The number of hydrogen-bond acceptors (Lipinski definition) is 8. The van der Waals surface area contributed by atoms with Gasteiger partial charge < -0.3 is 28.4 Å². The van der Waals surface area contributed by atoms with Crippen LogP contribution in [0.4, 0.5) is 0 Å². The number of halogens is 1. The van der Waals surface area contributed by atoms with Crippen LogP contribution in [-0.4, -0.2) is 32.4 Å². The molecule has 0 spiro atoms. The molecule has 0 fully saturated rings. The van der Waals surface area contributed by atoms with Crippen molar-refractivity contribution in [2.75, 3.05) is 20.3 Å². The number of nitrogens with one attached hydrogen (secondary N) is 1. The molecule has 0 radical (unpaired) electrons. The summed E-state index contributed by atoms with van der Waals surface area (Å²) in [7, 11) is 1.60. The molecule has 50 heavy (non-hydrogen) atoms. The fraction of sp³-hybridized carbons (Fsp3) is 0.200. The van der Waals surface area contributed by atoms with Crippen LogP contribution in [-0.2, 0) is 19.8 Å². The first-order chi connectivity index (χ1) is 24.5. The average molecular weight is 695 g/mol. The van der Waals surface area contributed by atoms with Gasteiger partial charge in [0.1, 0.15) is 19.8 Å². The van der Waals surface area contributed by atoms with Crippen LogP contribution >= 0.6 is 11.6 Å². The Hall–Kier alpha value is -5.67. The Balaban J connectivity index is 1.21. The van der Waals surface area contributed by atoms with Crippen LogP contribution in [0.15, 0.2) is 114 Å². The van der Waals surface area contributed by atoms with Crippen molar-refractivity contribution in [3.8, 4) is 34.5 Å². The fourth-order valence-corrected chi connectivity index (χ4v) is 5.15. The van der Waals surface area contributed by atoms with Gasteiger partial charge in [-0.15, -0.1) is 0 Å². The molecule has 0 aliphatic rings. The van der Waals surface area contributed by atoms with Crippen molar-refractivity contribution in [3.63, 3.8) is 0 Å². The van der Waals surface area contributed by atoms with Gasteiger partial charge in [0.15, 0.2) is 34.5 Å². The van der Waals surface area contributed by atoms with E-state index in [-0.39, 0.29) is 6.61 Å². The molecule has 1 N–H and O–H groups in total. The lowest BCUT2D eigenvalue weighted by Crippen LogP contribution is -2.17. The van der Waals surface area contributed by atoms with E-state index < -0.39 is 5.91 Å². The van der Waals surface area contributed by atoms with Crippen LogP contribution in [0.3, 0.4) is 0 Å². The topological polar surface area (TPSA) is 96.8 Å². The number of hydrogen-bond donors (Lipinski definition) is 1. The third-order valence-corrected chi connectivity index (χ3v) is 7.58. The highest BCUT2D eigenvalue weighted by Crippen LogP contribution is 2.38. The maximum Gasteiger partial charge on any atom is 0.271 e. The number of nitrogens with zero attached hydrogens (tertiary/aromatic N) is 1. The summed E-state index contributed by atoms with van der Waals surface area (Å²) in [6.07, 6.45) is 1.48. The number of carbonyl (C=O) groups is 1. The van der Waals surface area contributed by atoms with Gasteiger partial charge in [0, 0.05) is 5.56 Å². The van der Waals surface area contributed by atoms with Gasteiger partial charge in [-0.2, -0.15) is 5.10 Å². The first-order valence-corrected chi connectivity index (χ1v) is 16.5. The Kier molecular flexibility index (Phi) is 13.0. The maximum atomic E-state index is 13.0. The van der Waals surface area contributed by atoms with E-state index in [2.05, 4.69) is 10.5 Å². The van der Waals surface area contributed by atoms with E-state index >= 15 is 0 Å². The molecule has 0 atom stereocenters. The second-order valence-electron chi connectivity index (χ2n) is 10.9. The van der Waals surface area contributed by atoms with E-state index in [4.69, 9.17) is 40.0 Å². The lowest BCUT2D eigenvalue weighted by atomic mass is 10.2. The third kappa shape index (κ3) is 9.93. The number of methoxy groups -OCH3 is 1. The standard InChI is InChI=1S/C40H39ClN2O7/c1-4-46-37-23-32(17-19-35(37)49-26-29-14-10-7-11-15-29)40(44)43-42-24-31-20-33(41)39(38(22-31)47-5-2)50-27-30-16-18-34(36(21-30)45-3)48-25-28-12-8-6-9-13-28/h6-24H,4-5,25-27H2,1-3H3,(H,43,44)/b42-24+. The number of carbonyl (C=O) groups excluding carboxylic acids is 1. The number of ether oxygens (including phenoxy) is 6. The molecular weight excluding hydrogens is 656 g/mol. The van der Waals surface area contributed by atoms with Crippen molar-refractivity contribution in [2.24, 2.45) is 5.10 Å². The Morgan fingerprint density at radius 1 is 0.640 bits per heavy atom. The monoisotopic (exact) mass is 694 g/mol. The lowest BCUT2D eigenvalue weighted by molar-refractivity contribution is 0.0954. The molecule has 5 rings (SSSR count). The summed E-state index contributed by atoms with van der Waals surface area (Å²) < 4.78 is 35.2. The summed E-state index contributed by atoms with van der Waals surface area (Å²) in [5.41, 5.74) is 6.46.